The molecule has 1 N–H and O–H groups in total. The molecule has 26 heavy (non-hydrogen) atoms. The predicted molar refractivity (Wildman–Crippen MR) is 109 cm³/mol. The number of carboxylic acid groups (broad SMARTS) is 1. The van der Waals surface area contributed by atoms with Gasteiger partial charge in [-0.25, -0.2) is 0 Å². The van der Waals surface area contributed by atoms with Crippen molar-refractivity contribution in [3.05, 3.63) is 59.2 Å². The van der Waals surface area contributed by atoms with Gasteiger partial charge in [0.25, 0.3) is 0 Å². The summed E-state index contributed by atoms with van der Waals surface area (Å²) in [6.45, 7) is 5.52. The Morgan fingerprint density at radius 2 is 2.08 bits per heavy atom. The fraction of sp³-hybridized carbons (Fsp3) is 0.500. The Morgan fingerprint density at radius 1 is 1.31 bits per heavy atom. The quantitative estimate of drug-likeness (QED) is 0.745. The first kappa shape index (κ1) is 19.2. The molecule has 0 fully saturated rings. The number of thioether (sulfide) groups is 1. The van der Waals surface area contributed by atoms with E-state index < -0.39 is 5.97 Å². The van der Waals surface area contributed by atoms with E-state index in [2.05, 4.69) is 68.1 Å². The second kappa shape index (κ2) is 7.61. The highest BCUT2D eigenvalue weighted by Gasteiger charge is 2.43. The molecule has 0 bridgehead atoms. The topological polar surface area (TPSA) is 40.5 Å². The minimum absolute atomic E-state index is 0.0304. The van der Waals surface area contributed by atoms with E-state index in [4.69, 9.17) is 5.11 Å². The third-order valence-corrected chi connectivity index (χ3v) is 7.04. The molecule has 1 atom stereocenters. The number of fused-ring (bicyclic) bond motifs is 1. The molecule has 1 aromatic carbocycles. The van der Waals surface area contributed by atoms with Crippen LogP contribution in [0.2, 0.25) is 0 Å². The number of rotatable bonds is 7. The summed E-state index contributed by atoms with van der Waals surface area (Å²) in [5, 5.41) is 8.97. The van der Waals surface area contributed by atoms with Gasteiger partial charge in [-0.05, 0) is 55.0 Å². The third-order valence-electron chi connectivity index (χ3n) is 5.41. The van der Waals surface area contributed by atoms with E-state index in [1.807, 2.05) is 11.9 Å². The van der Waals surface area contributed by atoms with E-state index in [0.29, 0.717) is 0 Å². The number of allylic oxidation sites excluding steroid dienone is 3. The Balaban J connectivity index is 1.84. The van der Waals surface area contributed by atoms with Gasteiger partial charge in [0.15, 0.2) is 0 Å². The average molecular weight is 372 g/mol. The predicted octanol–water partition coefficient (Wildman–Crippen LogP) is 4.84. The monoisotopic (exact) mass is 371 g/mol. The standard InChI is InChI=1S/C22H29NO2S/c1-21(2)11-6-9-18(14-21)22(12-7-13-23(3)15-20(24)25)19-10-5-4-8-17(19)16-26-22/h4-6,8-11H,7,12-16H2,1-3H3,(H,24,25). The van der Waals surface area contributed by atoms with Gasteiger partial charge in [0, 0.05) is 5.75 Å². The number of benzene rings is 1. The normalized spacial score (nSPS) is 23.8. The molecule has 3 rings (SSSR count). The van der Waals surface area contributed by atoms with Gasteiger partial charge in [0.1, 0.15) is 0 Å². The second-order valence-corrected chi connectivity index (χ2v) is 9.50. The Kier molecular flexibility index (Phi) is 5.64. The lowest BCUT2D eigenvalue weighted by atomic mass is 9.73. The molecule has 0 saturated carbocycles. The smallest absolute Gasteiger partial charge is 0.317 e. The maximum atomic E-state index is 10.9. The van der Waals surface area contributed by atoms with Crippen LogP contribution in [0, 0.1) is 5.41 Å². The zero-order valence-corrected chi connectivity index (χ0v) is 16.8. The molecule has 140 valence electrons. The average Bonchev–Trinajstić information content (AvgIpc) is 2.93. The summed E-state index contributed by atoms with van der Waals surface area (Å²) in [7, 11) is 1.89. The number of aliphatic carboxylic acids is 1. The fourth-order valence-electron chi connectivity index (χ4n) is 4.17. The molecule has 1 unspecified atom stereocenters. The van der Waals surface area contributed by atoms with Crippen molar-refractivity contribution in [2.45, 2.75) is 43.6 Å². The van der Waals surface area contributed by atoms with E-state index in [-0.39, 0.29) is 16.7 Å². The van der Waals surface area contributed by atoms with Crippen LogP contribution in [0.15, 0.2) is 48.1 Å². The summed E-state index contributed by atoms with van der Waals surface area (Å²) in [5.41, 5.74) is 4.61. The molecule has 1 aliphatic carbocycles. The van der Waals surface area contributed by atoms with Gasteiger partial charge >= 0.3 is 5.97 Å². The maximum Gasteiger partial charge on any atom is 0.317 e. The number of hydrogen-bond acceptors (Lipinski definition) is 3. The van der Waals surface area contributed by atoms with Crippen molar-refractivity contribution in [2.24, 2.45) is 5.41 Å². The number of likely N-dealkylation sites (N-methyl/N-ethyl adjacent to an activating group) is 1. The van der Waals surface area contributed by atoms with E-state index in [9.17, 15) is 4.79 Å². The highest BCUT2D eigenvalue weighted by molar-refractivity contribution is 8.00. The van der Waals surface area contributed by atoms with E-state index in [1.165, 1.54) is 16.7 Å². The Bertz CT molecular complexity index is 737. The van der Waals surface area contributed by atoms with Gasteiger partial charge in [-0.3, -0.25) is 9.69 Å². The lowest BCUT2D eigenvalue weighted by Gasteiger charge is -2.38. The van der Waals surface area contributed by atoms with Crippen molar-refractivity contribution in [1.29, 1.82) is 0 Å². The molecule has 3 nitrogen and oxygen atoms in total. The Morgan fingerprint density at radius 3 is 2.81 bits per heavy atom. The summed E-state index contributed by atoms with van der Waals surface area (Å²) in [4.78, 5) is 12.8. The van der Waals surface area contributed by atoms with Crippen molar-refractivity contribution in [3.63, 3.8) is 0 Å². The van der Waals surface area contributed by atoms with E-state index in [0.717, 1.165) is 31.6 Å². The van der Waals surface area contributed by atoms with Crippen LogP contribution in [0.4, 0.5) is 0 Å². The first-order chi connectivity index (χ1) is 12.3. The molecule has 1 heterocycles. The van der Waals surface area contributed by atoms with Crippen LogP contribution in [0.25, 0.3) is 0 Å². The van der Waals surface area contributed by atoms with Crippen LogP contribution in [-0.2, 0) is 15.3 Å². The van der Waals surface area contributed by atoms with Crippen LogP contribution in [0.1, 0.15) is 44.2 Å². The number of carboxylic acids is 1. The Labute approximate surface area is 161 Å². The Hall–Kier alpha value is -1.52. The summed E-state index contributed by atoms with van der Waals surface area (Å²) >= 11 is 2.05. The van der Waals surface area contributed by atoms with Crippen LogP contribution < -0.4 is 0 Å². The molecule has 1 aromatic rings. The van der Waals surface area contributed by atoms with Crippen molar-refractivity contribution >= 4 is 17.7 Å². The molecular weight excluding hydrogens is 342 g/mol. The SMILES string of the molecule is CN(CCCC1(C2=CC=CC(C)(C)C2)SCc2ccccc21)CC(=O)O. The van der Waals surface area contributed by atoms with Gasteiger partial charge in [0.05, 0.1) is 11.3 Å². The van der Waals surface area contributed by atoms with Crippen molar-refractivity contribution in [1.82, 2.24) is 4.90 Å². The zero-order chi connectivity index (χ0) is 18.8. The van der Waals surface area contributed by atoms with Crippen molar-refractivity contribution in [3.8, 4) is 0 Å². The first-order valence-electron chi connectivity index (χ1n) is 9.34. The maximum absolute atomic E-state index is 10.9. The fourth-order valence-corrected chi connectivity index (χ4v) is 5.79. The number of carbonyl (C=O) groups is 1. The first-order valence-corrected chi connectivity index (χ1v) is 10.3. The van der Waals surface area contributed by atoms with E-state index >= 15 is 0 Å². The second-order valence-electron chi connectivity index (χ2n) is 8.22. The van der Waals surface area contributed by atoms with Gasteiger partial charge in [0.2, 0.25) is 0 Å². The lowest BCUT2D eigenvalue weighted by molar-refractivity contribution is -0.137. The molecule has 0 spiro atoms. The summed E-state index contributed by atoms with van der Waals surface area (Å²) in [6.07, 6.45) is 9.97. The zero-order valence-electron chi connectivity index (χ0n) is 16.0. The molecule has 2 aliphatic rings. The van der Waals surface area contributed by atoms with Crippen LogP contribution in [-0.4, -0.2) is 36.1 Å². The minimum atomic E-state index is -0.760. The van der Waals surface area contributed by atoms with E-state index in [1.54, 1.807) is 0 Å². The van der Waals surface area contributed by atoms with Crippen LogP contribution >= 0.6 is 11.8 Å². The highest BCUT2D eigenvalue weighted by Crippen LogP contribution is 2.57. The molecule has 0 radical (unpaired) electrons. The van der Waals surface area contributed by atoms with Crippen molar-refractivity contribution in [2.75, 3.05) is 20.1 Å². The molecule has 0 aromatic heterocycles. The van der Waals surface area contributed by atoms with Gasteiger partial charge < -0.3 is 5.11 Å². The molecule has 0 saturated heterocycles. The molecule has 0 amide bonds. The largest absolute Gasteiger partial charge is 0.480 e. The molecule has 4 heteroatoms. The minimum Gasteiger partial charge on any atom is -0.480 e. The van der Waals surface area contributed by atoms with Gasteiger partial charge in [-0.15, -0.1) is 11.8 Å². The van der Waals surface area contributed by atoms with Gasteiger partial charge in [-0.1, -0.05) is 56.3 Å². The van der Waals surface area contributed by atoms with Crippen LogP contribution in [0.3, 0.4) is 0 Å². The molecule has 1 aliphatic heterocycles. The summed E-state index contributed by atoms with van der Waals surface area (Å²) in [6, 6.07) is 8.84. The lowest BCUT2D eigenvalue weighted by Crippen LogP contribution is -2.30. The number of hydrogen-bond donors (Lipinski definition) is 1. The highest BCUT2D eigenvalue weighted by atomic mass is 32.2. The molecular formula is C22H29NO2S. The van der Waals surface area contributed by atoms with Gasteiger partial charge in [-0.2, -0.15) is 0 Å². The van der Waals surface area contributed by atoms with Crippen LogP contribution in [0.5, 0.6) is 0 Å². The summed E-state index contributed by atoms with van der Waals surface area (Å²) in [5.74, 6) is 0.299. The third kappa shape index (κ3) is 4.07. The van der Waals surface area contributed by atoms with Crippen molar-refractivity contribution < 1.29 is 9.90 Å². The summed E-state index contributed by atoms with van der Waals surface area (Å²) < 4.78 is 0.0304. The number of nitrogens with zero attached hydrogens (tertiary/aromatic N) is 1.